The van der Waals surface area contributed by atoms with Gasteiger partial charge in [0.05, 0.1) is 5.56 Å². The quantitative estimate of drug-likeness (QED) is 0.862. The van der Waals surface area contributed by atoms with Gasteiger partial charge in [0, 0.05) is 30.9 Å². The molecule has 1 aromatic rings. The molecule has 20 heavy (non-hydrogen) atoms. The molecule has 0 amide bonds. The van der Waals surface area contributed by atoms with Crippen LogP contribution in [-0.2, 0) is 0 Å². The van der Waals surface area contributed by atoms with Crippen LogP contribution in [0, 0.1) is 0 Å². The minimum atomic E-state index is -0.100. The lowest BCUT2D eigenvalue weighted by Gasteiger charge is -2.32. The number of benzene rings is 1. The van der Waals surface area contributed by atoms with E-state index in [0.717, 1.165) is 38.2 Å². The summed E-state index contributed by atoms with van der Waals surface area (Å²) in [6, 6.07) is 5.86. The summed E-state index contributed by atoms with van der Waals surface area (Å²) < 4.78 is 0. The molecule has 0 bridgehead atoms. The average Bonchev–Trinajstić information content (AvgIpc) is 2.59. The fourth-order valence-electron chi connectivity index (χ4n) is 2.93. The second kappa shape index (κ2) is 6.27. The van der Waals surface area contributed by atoms with Gasteiger partial charge in [-0.1, -0.05) is 6.92 Å². The van der Waals surface area contributed by atoms with Gasteiger partial charge in [-0.3, -0.25) is 4.79 Å². The van der Waals surface area contributed by atoms with Gasteiger partial charge in [-0.05, 0) is 45.5 Å². The van der Waals surface area contributed by atoms with Crippen LogP contribution in [0.5, 0.6) is 5.75 Å². The molecule has 1 N–H and O–H groups in total. The molecule has 4 heteroatoms. The number of phenols is 1. The molecule has 1 atom stereocenters. The van der Waals surface area contributed by atoms with E-state index in [1.54, 1.807) is 12.1 Å². The molecule has 1 saturated heterocycles. The zero-order valence-corrected chi connectivity index (χ0v) is 12.6. The molecule has 1 aliphatic heterocycles. The Morgan fingerprint density at radius 3 is 2.75 bits per heavy atom. The van der Waals surface area contributed by atoms with Gasteiger partial charge in [0.1, 0.15) is 5.75 Å². The average molecular weight is 276 g/mol. The first-order chi connectivity index (χ1) is 9.52. The number of carbonyl (C=O) groups is 1. The van der Waals surface area contributed by atoms with E-state index in [0.29, 0.717) is 11.6 Å². The molecule has 1 aromatic carbocycles. The lowest BCUT2D eigenvalue weighted by Crippen LogP contribution is -2.39. The Balaban J connectivity index is 2.28. The number of Topliss-reactive ketones (excluding diaryl/α,β-unsaturated/α-hetero) is 1. The number of hydrogen-bond donors (Lipinski definition) is 1. The molecule has 2 rings (SSSR count). The maximum atomic E-state index is 11.4. The van der Waals surface area contributed by atoms with Gasteiger partial charge in [0.15, 0.2) is 5.78 Å². The fraction of sp³-hybridized carbons (Fsp3) is 0.562. The maximum absolute atomic E-state index is 11.4. The largest absolute Gasteiger partial charge is 0.507 e. The topological polar surface area (TPSA) is 43.8 Å². The number of hydrogen-bond acceptors (Lipinski definition) is 4. The van der Waals surface area contributed by atoms with Crippen LogP contribution in [-0.4, -0.2) is 48.5 Å². The van der Waals surface area contributed by atoms with Gasteiger partial charge >= 0.3 is 0 Å². The number of likely N-dealkylation sites (N-methyl/N-ethyl adjacent to an activating group) is 1. The van der Waals surface area contributed by atoms with E-state index >= 15 is 0 Å². The first-order valence-electron chi connectivity index (χ1n) is 7.32. The number of ketones is 1. The third-order valence-corrected chi connectivity index (χ3v) is 4.07. The van der Waals surface area contributed by atoms with Crippen LogP contribution in [0.3, 0.4) is 0 Å². The zero-order chi connectivity index (χ0) is 14.7. The fourth-order valence-corrected chi connectivity index (χ4v) is 2.93. The number of rotatable bonds is 3. The van der Waals surface area contributed by atoms with Gasteiger partial charge in [-0.25, -0.2) is 0 Å². The Morgan fingerprint density at radius 2 is 2.15 bits per heavy atom. The molecule has 0 spiro atoms. The smallest absolute Gasteiger partial charge is 0.163 e. The number of anilines is 1. The highest BCUT2D eigenvalue weighted by atomic mass is 16.3. The Hall–Kier alpha value is -1.55. The van der Waals surface area contributed by atoms with E-state index in [4.69, 9.17) is 0 Å². The van der Waals surface area contributed by atoms with Gasteiger partial charge < -0.3 is 14.9 Å². The summed E-state index contributed by atoms with van der Waals surface area (Å²) in [6.07, 6.45) is 2.18. The summed E-state index contributed by atoms with van der Waals surface area (Å²) in [7, 11) is 2.16. The predicted molar refractivity (Wildman–Crippen MR) is 81.7 cm³/mol. The molecule has 0 radical (unpaired) electrons. The third-order valence-electron chi connectivity index (χ3n) is 4.07. The minimum Gasteiger partial charge on any atom is -0.507 e. The lowest BCUT2D eigenvalue weighted by molar-refractivity contribution is 0.101. The van der Waals surface area contributed by atoms with E-state index in [9.17, 15) is 9.90 Å². The van der Waals surface area contributed by atoms with E-state index < -0.39 is 0 Å². The van der Waals surface area contributed by atoms with Crippen molar-refractivity contribution in [3.63, 3.8) is 0 Å². The van der Waals surface area contributed by atoms with Crippen LogP contribution < -0.4 is 4.90 Å². The Bertz CT molecular complexity index is 487. The summed E-state index contributed by atoms with van der Waals surface area (Å²) in [6.45, 7) is 6.79. The van der Waals surface area contributed by atoms with E-state index in [1.165, 1.54) is 6.92 Å². The van der Waals surface area contributed by atoms with Crippen molar-refractivity contribution in [2.45, 2.75) is 32.7 Å². The summed E-state index contributed by atoms with van der Waals surface area (Å²) in [5.74, 6) is -0.0147. The van der Waals surface area contributed by atoms with Crippen molar-refractivity contribution in [3.05, 3.63) is 23.8 Å². The highest BCUT2D eigenvalue weighted by Crippen LogP contribution is 2.28. The van der Waals surface area contributed by atoms with Crippen LogP contribution in [0.15, 0.2) is 18.2 Å². The van der Waals surface area contributed by atoms with Crippen LogP contribution in [0.25, 0.3) is 0 Å². The van der Waals surface area contributed by atoms with E-state index in [-0.39, 0.29) is 11.5 Å². The van der Waals surface area contributed by atoms with Crippen LogP contribution in [0.2, 0.25) is 0 Å². The molecular weight excluding hydrogens is 252 g/mol. The van der Waals surface area contributed by atoms with Crippen molar-refractivity contribution in [1.29, 1.82) is 0 Å². The molecule has 1 aliphatic rings. The molecule has 1 heterocycles. The number of aromatic hydroxyl groups is 1. The van der Waals surface area contributed by atoms with Crippen molar-refractivity contribution in [2.24, 2.45) is 0 Å². The van der Waals surface area contributed by atoms with Crippen LogP contribution >= 0.6 is 0 Å². The second-order valence-electron chi connectivity index (χ2n) is 5.63. The number of nitrogens with zero attached hydrogens (tertiary/aromatic N) is 2. The molecule has 4 nitrogen and oxygen atoms in total. The minimum absolute atomic E-state index is 0.0856. The SMILES string of the molecule is CCC1CN(C)CCCN1c1ccc(C(C)=O)c(O)c1. The van der Waals surface area contributed by atoms with Crippen molar-refractivity contribution in [3.8, 4) is 5.75 Å². The molecular formula is C16H24N2O2. The first-order valence-corrected chi connectivity index (χ1v) is 7.32. The van der Waals surface area contributed by atoms with E-state index in [2.05, 4.69) is 23.8 Å². The van der Waals surface area contributed by atoms with Gasteiger partial charge in [-0.2, -0.15) is 0 Å². The summed E-state index contributed by atoms with van der Waals surface area (Å²) in [4.78, 5) is 16.1. The normalized spacial score (nSPS) is 20.8. The first kappa shape index (κ1) is 14.9. The van der Waals surface area contributed by atoms with Crippen molar-refractivity contribution in [2.75, 3.05) is 31.6 Å². The van der Waals surface area contributed by atoms with Gasteiger partial charge in [-0.15, -0.1) is 0 Å². The summed E-state index contributed by atoms with van der Waals surface area (Å²) >= 11 is 0. The monoisotopic (exact) mass is 276 g/mol. The van der Waals surface area contributed by atoms with Gasteiger partial charge in [0.25, 0.3) is 0 Å². The summed E-state index contributed by atoms with van der Waals surface area (Å²) in [5, 5.41) is 10.0. The Labute approximate surface area is 121 Å². The Kier molecular flexibility index (Phi) is 4.65. The van der Waals surface area contributed by atoms with Gasteiger partial charge in [0.2, 0.25) is 0 Å². The predicted octanol–water partition coefficient (Wildman–Crippen LogP) is 2.52. The summed E-state index contributed by atoms with van der Waals surface area (Å²) in [5.41, 5.74) is 1.41. The third kappa shape index (κ3) is 3.12. The highest BCUT2D eigenvalue weighted by molar-refractivity contribution is 5.97. The number of phenolic OH excluding ortho intramolecular Hbond substituents is 1. The molecule has 110 valence electrons. The van der Waals surface area contributed by atoms with Crippen molar-refractivity contribution in [1.82, 2.24) is 4.90 Å². The lowest BCUT2D eigenvalue weighted by atomic mass is 10.1. The van der Waals surface area contributed by atoms with Crippen LogP contribution in [0.1, 0.15) is 37.0 Å². The Morgan fingerprint density at radius 1 is 1.40 bits per heavy atom. The molecule has 1 fully saturated rings. The molecule has 1 unspecified atom stereocenters. The maximum Gasteiger partial charge on any atom is 0.163 e. The second-order valence-corrected chi connectivity index (χ2v) is 5.63. The molecule has 0 aliphatic carbocycles. The standard InChI is InChI=1S/C16H24N2O2/c1-4-13-11-17(3)8-5-9-18(13)14-6-7-15(12(2)19)16(20)10-14/h6-7,10,13,20H,4-5,8-9,11H2,1-3H3. The molecule has 0 aromatic heterocycles. The molecule has 0 saturated carbocycles. The number of carbonyl (C=O) groups excluding carboxylic acids is 1. The zero-order valence-electron chi connectivity index (χ0n) is 12.6. The van der Waals surface area contributed by atoms with Crippen LogP contribution in [0.4, 0.5) is 5.69 Å². The van der Waals surface area contributed by atoms with Crippen molar-refractivity contribution >= 4 is 11.5 Å². The highest BCUT2D eigenvalue weighted by Gasteiger charge is 2.23. The van der Waals surface area contributed by atoms with E-state index in [1.807, 2.05) is 6.07 Å². The van der Waals surface area contributed by atoms with Crippen molar-refractivity contribution < 1.29 is 9.90 Å².